The molecule has 3 heteroatoms. The summed E-state index contributed by atoms with van der Waals surface area (Å²) in [4.78, 5) is 0. The number of hydrogen-bond donors (Lipinski definition) is 1. The van der Waals surface area contributed by atoms with E-state index in [0.29, 0.717) is 6.04 Å². The molecule has 90 valence electrons. The minimum atomic E-state index is 0.206. The Balaban J connectivity index is 1.77. The second kappa shape index (κ2) is 4.35. The molecular formula is C13H21NOS. The van der Waals surface area contributed by atoms with E-state index >= 15 is 0 Å². The molecule has 2 unspecified atom stereocenters. The lowest BCUT2D eigenvalue weighted by Gasteiger charge is -2.35. The summed E-state index contributed by atoms with van der Waals surface area (Å²) >= 11 is 2.05. The van der Waals surface area contributed by atoms with E-state index in [4.69, 9.17) is 10.5 Å². The largest absolute Gasteiger partial charge is 0.373 e. The van der Waals surface area contributed by atoms with Crippen molar-refractivity contribution < 1.29 is 4.74 Å². The standard InChI is InChI=1S/C13H21NOS/c14-12-2-1-10(7-12)11-3-5-15-13(8-11)4-6-16-9-13/h12H,1-9,14H2. The zero-order chi connectivity index (χ0) is 11.0. The molecule has 2 heterocycles. The summed E-state index contributed by atoms with van der Waals surface area (Å²) in [5.74, 6) is 2.48. The van der Waals surface area contributed by atoms with Gasteiger partial charge in [-0.15, -0.1) is 0 Å². The molecule has 1 aliphatic carbocycles. The van der Waals surface area contributed by atoms with Gasteiger partial charge in [-0.25, -0.2) is 0 Å². The molecule has 0 aromatic heterocycles. The van der Waals surface area contributed by atoms with Crippen molar-refractivity contribution in [2.75, 3.05) is 18.1 Å². The smallest absolute Gasteiger partial charge is 0.0817 e. The van der Waals surface area contributed by atoms with Crippen LogP contribution in [-0.2, 0) is 4.74 Å². The molecule has 16 heavy (non-hydrogen) atoms. The maximum atomic E-state index is 6.06. The van der Waals surface area contributed by atoms with Crippen LogP contribution in [0.5, 0.6) is 0 Å². The van der Waals surface area contributed by atoms with Crippen molar-refractivity contribution in [1.29, 1.82) is 0 Å². The van der Waals surface area contributed by atoms with E-state index in [-0.39, 0.29) is 5.60 Å². The molecule has 0 radical (unpaired) electrons. The number of hydrogen-bond acceptors (Lipinski definition) is 3. The lowest BCUT2D eigenvalue weighted by atomic mass is 9.86. The fourth-order valence-electron chi connectivity index (χ4n) is 3.26. The van der Waals surface area contributed by atoms with Crippen LogP contribution in [-0.4, -0.2) is 29.8 Å². The molecule has 0 amide bonds. The molecule has 0 bridgehead atoms. The normalized spacial score (nSPS) is 44.4. The van der Waals surface area contributed by atoms with Gasteiger partial charge in [0.2, 0.25) is 0 Å². The Kier molecular flexibility index (Phi) is 3.03. The molecule has 0 aromatic carbocycles. The van der Waals surface area contributed by atoms with Crippen molar-refractivity contribution in [1.82, 2.24) is 0 Å². The molecule has 3 fully saturated rings. The van der Waals surface area contributed by atoms with Gasteiger partial charge < -0.3 is 10.5 Å². The lowest BCUT2D eigenvalue weighted by molar-refractivity contribution is -0.0417. The van der Waals surface area contributed by atoms with Gasteiger partial charge in [-0.2, -0.15) is 11.8 Å². The van der Waals surface area contributed by atoms with Crippen molar-refractivity contribution >= 4 is 11.8 Å². The molecule has 2 saturated heterocycles. The zero-order valence-electron chi connectivity index (χ0n) is 9.84. The Bertz CT molecular complexity index is 307. The van der Waals surface area contributed by atoms with Gasteiger partial charge in [0.25, 0.3) is 0 Å². The van der Waals surface area contributed by atoms with Crippen molar-refractivity contribution in [2.24, 2.45) is 5.73 Å². The predicted molar refractivity (Wildman–Crippen MR) is 68.7 cm³/mol. The Morgan fingerprint density at radius 3 is 2.94 bits per heavy atom. The van der Waals surface area contributed by atoms with Crippen LogP contribution in [0.3, 0.4) is 0 Å². The molecule has 2 aliphatic heterocycles. The van der Waals surface area contributed by atoms with Gasteiger partial charge in [-0.05, 0) is 44.3 Å². The number of thioether (sulfide) groups is 1. The Hall–Kier alpha value is 0.01000. The summed E-state index contributed by atoms with van der Waals surface area (Å²) in [7, 11) is 0. The highest BCUT2D eigenvalue weighted by Crippen LogP contribution is 2.42. The first-order valence-corrected chi connectivity index (χ1v) is 7.60. The summed E-state index contributed by atoms with van der Waals surface area (Å²) in [5, 5.41) is 0. The fraction of sp³-hybridized carbons (Fsp3) is 0.846. The quantitative estimate of drug-likeness (QED) is 0.660. The van der Waals surface area contributed by atoms with Crippen LogP contribution in [0.4, 0.5) is 0 Å². The Morgan fingerprint density at radius 2 is 2.25 bits per heavy atom. The number of rotatable bonds is 0. The first-order valence-electron chi connectivity index (χ1n) is 6.44. The van der Waals surface area contributed by atoms with E-state index in [1.807, 2.05) is 0 Å². The van der Waals surface area contributed by atoms with Crippen LogP contribution in [0.1, 0.15) is 38.5 Å². The monoisotopic (exact) mass is 239 g/mol. The molecular weight excluding hydrogens is 218 g/mol. The average molecular weight is 239 g/mol. The van der Waals surface area contributed by atoms with E-state index in [0.717, 1.165) is 19.4 Å². The summed E-state index contributed by atoms with van der Waals surface area (Å²) in [6.45, 7) is 0.939. The lowest BCUT2D eigenvalue weighted by Crippen LogP contribution is -2.37. The van der Waals surface area contributed by atoms with E-state index in [2.05, 4.69) is 11.8 Å². The Labute approximate surface area is 102 Å². The van der Waals surface area contributed by atoms with Gasteiger partial charge in [-0.3, -0.25) is 0 Å². The average Bonchev–Trinajstić information content (AvgIpc) is 2.89. The van der Waals surface area contributed by atoms with Crippen LogP contribution >= 0.6 is 11.8 Å². The van der Waals surface area contributed by atoms with Crippen molar-refractivity contribution in [3.63, 3.8) is 0 Å². The number of nitrogens with two attached hydrogens (primary N) is 1. The molecule has 1 spiro atoms. The minimum absolute atomic E-state index is 0.206. The van der Waals surface area contributed by atoms with Crippen LogP contribution in [0.2, 0.25) is 0 Å². The SMILES string of the molecule is NC1CCC(=C2CCOC3(CCSC3)C2)C1. The van der Waals surface area contributed by atoms with Crippen molar-refractivity contribution in [2.45, 2.75) is 50.2 Å². The molecule has 2 nitrogen and oxygen atoms in total. The van der Waals surface area contributed by atoms with Crippen LogP contribution in [0, 0.1) is 0 Å². The summed E-state index contributed by atoms with van der Waals surface area (Å²) in [6.07, 6.45) is 7.21. The van der Waals surface area contributed by atoms with Crippen LogP contribution in [0.15, 0.2) is 11.1 Å². The van der Waals surface area contributed by atoms with Gasteiger partial charge in [0.05, 0.1) is 12.2 Å². The van der Waals surface area contributed by atoms with E-state index in [1.165, 1.54) is 37.2 Å². The third-order valence-electron chi connectivity index (χ3n) is 4.24. The summed E-state index contributed by atoms with van der Waals surface area (Å²) in [5.41, 5.74) is 9.58. The highest BCUT2D eigenvalue weighted by molar-refractivity contribution is 7.99. The zero-order valence-corrected chi connectivity index (χ0v) is 10.7. The molecule has 1 saturated carbocycles. The maximum absolute atomic E-state index is 6.06. The molecule has 3 rings (SSSR count). The molecule has 2 atom stereocenters. The van der Waals surface area contributed by atoms with Gasteiger partial charge in [0, 0.05) is 11.8 Å². The van der Waals surface area contributed by atoms with Crippen molar-refractivity contribution in [3.05, 3.63) is 11.1 Å². The second-order valence-corrected chi connectivity index (χ2v) is 6.58. The summed E-state index contributed by atoms with van der Waals surface area (Å²) < 4.78 is 6.06. The van der Waals surface area contributed by atoms with Gasteiger partial charge >= 0.3 is 0 Å². The summed E-state index contributed by atoms with van der Waals surface area (Å²) in [6, 6.07) is 0.430. The highest BCUT2D eigenvalue weighted by Gasteiger charge is 2.39. The van der Waals surface area contributed by atoms with E-state index < -0.39 is 0 Å². The third kappa shape index (κ3) is 2.05. The van der Waals surface area contributed by atoms with Crippen LogP contribution in [0.25, 0.3) is 0 Å². The first-order chi connectivity index (χ1) is 7.77. The molecule has 0 aromatic rings. The Morgan fingerprint density at radius 1 is 1.31 bits per heavy atom. The van der Waals surface area contributed by atoms with Crippen LogP contribution < -0.4 is 5.73 Å². The van der Waals surface area contributed by atoms with Gasteiger partial charge in [-0.1, -0.05) is 11.1 Å². The third-order valence-corrected chi connectivity index (χ3v) is 5.46. The van der Waals surface area contributed by atoms with E-state index in [9.17, 15) is 0 Å². The molecule has 2 N–H and O–H groups in total. The first kappa shape index (κ1) is 11.1. The highest BCUT2D eigenvalue weighted by atomic mass is 32.2. The van der Waals surface area contributed by atoms with Crippen molar-refractivity contribution in [3.8, 4) is 0 Å². The topological polar surface area (TPSA) is 35.2 Å². The van der Waals surface area contributed by atoms with Gasteiger partial charge in [0.15, 0.2) is 0 Å². The van der Waals surface area contributed by atoms with Gasteiger partial charge in [0.1, 0.15) is 0 Å². The molecule has 3 aliphatic rings. The second-order valence-electron chi connectivity index (χ2n) is 5.47. The predicted octanol–water partition coefficient (Wildman–Crippen LogP) is 2.48. The van der Waals surface area contributed by atoms with E-state index in [1.54, 1.807) is 11.1 Å². The number of ether oxygens (including phenoxy) is 1. The minimum Gasteiger partial charge on any atom is -0.373 e. The maximum Gasteiger partial charge on any atom is 0.0817 e. The fourth-order valence-corrected chi connectivity index (χ4v) is 4.63.